The van der Waals surface area contributed by atoms with Crippen molar-refractivity contribution in [3.63, 3.8) is 0 Å². The van der Waals surface area contributed by atoms with E-state index >= 15 is 0 Å². The molecule has 1 aliphatic heterocycles. The van der Waals surface area contributed by atoms with Gasteiger partial charge in [-0.2, -0.15) is 0 Å². The van der Waals surface area contributed by atoms with Crippen molar-refractivity contribution in [3.8, 4) is 5.88 Å². The lowest BCUT2D eigenvalue weighted by Gasteiger charge is -2.24. The van der Waals surface area contributed by atoms with E-state index in [-0.39, 0.29) is 12.0 Å². The number of amides is 2. The molecule has 2 atom stereocenters. The van der Waals surface area contributed by atoms with Gasteiger partial charge in [-0.1, -0.05) is 0 Å². The van der Waals surface area contributed by atoms with Crippen molar-refractivity contribution < 1.29 is 19.1 Å². The average molecular weight is 336 g/mol. The number of carbonyl (C=O) groups is 2. The molecule has 0 aliphatic carbocycles. The Kier molecular flexibility index (Phi) is 5.58. The lowest BCUT2D eigenvalue weighted by Crippen LogP contribution is -2.47. The highest BCUT2D eigenvalue weighted by Crippen LogP contribution is 2.16. The molecule has 8 nitrogen and oxygen atoms in total. The highest BCUT2D eigenvalue weighted by atomic mass is 16.6. The van der Waals surface area contributed by atoms with E-state index in [1.54, 1.807) is 45.0 Å². The first-order valence-corrected chi connectivity index (χ1v) is 7.95. The zero-order valence-electron chi connectivity index (χ0n) is 14.5. The molecule has 132 valence electrons. The Morgan fingerprint density at radius 2 is 2.12 bits per heavy atom. The zero-order chi connectivity index (χ0) is 17.7. The van der Waals surface area contributed by atoms with E-state index in [4.69, 9.17) is 9.47 Å². The van der Waals surface area contributed by atoms with Crippen molar-refractivity contribution in [2.75, 3.05) is 13.1 Å². The molecule has 1 N–H and O–H groups in total. The van der Waals surface area contributed by atoms with Gasteiger partial charge in [0, 0.05) is 25.4 Å². The van der Waals surface area contributed by atoms with E-state index in [0.29, 0.717) is 25.4 Å². The number of ether oxygens (including phenoxy) is 2. The highest BCUT2D eigenvalue weighted by Gasteiger charge is 2.31. The SMILES string of the molecule is CC(NC(=O)OC(C)(C)C)C(=O)N1CCC(Oc2cnccn2)C1. The summed E-state index contributed by atoms with van der Waals surface area (Å²) < 4.78 is 10.9. The molecule has 2 heterocycles. The molecule has 1 aromatic rings. The number of carbonyl (C=O) groups excluding carboxylic acids is 2. The number of aromatic nitrogens is 2. The molecule has 1 saturated heterocycles. The second kappa shape index (κ2) is 7.46. The Morgan fingerprint density at radius 3 is 2.75 bits per heavy atom. The van der Waals surface area contributed by atoms with Crippen molar-refractivity contribution in [3.05, 3.63) is 18.6 Å². The summed E-state index contributed by atoms with van der Waals surface area (Å²) in [7, 11) is 0. The standard InChI is InChI=1S/C16H24N4O4/c1-11(19-15(22)24-16(2,3)4)14(21)20-8-5-12(10-20)23-13-9-17-6-7-18-13/h6-7,9,11-12H,5,8,10H2,1-4H3,(H,19,22). The van der Waals surface area contributed by atoms with Crippen LogP contribution in [0.3, 0.4) is 0 Å². The molecule has 8 heteroatoms. The number of alkyl carbamates (subject to hydrolysis) is 1. The summed E-state index contributed by atoms with van der Waals surface area (Å²) in [5.41, 5.74) is -0.601. The maximum Gasteiger partial charge on any atom is 0.408 e. The second-order valence-electron chi connectivity index (χ2n) is 6.72. The second-order valence-corrected chi connectivity index (χ2v) is 6.72. The van der Waals surface area contributed by atoms with Gasteiger partial charge in [0.05, 0.1) is 12.7 Å². The van der Waals surface area contributed by atoms with Gasteiger partial charge in [-0.15, -0.1) is 0 Å². The lowest BCUT2D eigenvalue weighted by molar-refractivity contribution is -0.132. The van der Waals surface area contributed by atoms with Crippen LogP contribution in [0, 0.1) is 0 Å². The summed E-state index contributed by atoms with van der Waals surface area (Å²) in [6, 6.07) is -0.657. The van der Waals surface area contributed by atoms with Gasteiger partial charge in [-0.3, -0.25) is 9.78 Å². The molecule has 1 aromatic heterocycles. The van der Waals surface area contributed by atoms with Gasteiger partial charge < -0.3 is 19.7 Å². The molecule has 1 aliphatic rings. The first kappa shape index (κ1) is 18.0. The molecular formula is C16H24N4O4. The van der Waals surface area contributed by atoms with Crippen molar-refractivity contribution in [2.24, 2.45) is 0 Å². The molecule has 0 bridgehead atoms. The number of hydrogen-bond donors (Lipinski definition) is 1. The van der Waals surface area contributed by atoms with Crippen molar-refractivity contribution in [1.82, 2.24) is 20.2 Å². The molecule has 0 radical (unpaired) electrons. The van der Waals surface area contributed by atoms with Crippen LogP contribution in [0.2, 0.25) is 0 Å². The van der Waals surface area contributed by atoms with Crippen LogP contribution in [0.15, 0.2) is 18.6 Å². The van der Waals surface area contributed by atoms with E-state index in [2.05, 4.69) is 15.3 Å². The molecule has 2 unspecified atom stereocenters. The fourth-order valence-electron chi connectivity index (χ4n) is 2.36. The minimum Gasteiger partial charge on any atom is -0.471 e. The summed E-state index contributed by atoms with van der Waals surface area (Å²) in [5.74, 6) is 0.280. The van der Waals surface area contributed by atoms with Crippen LogP contribution in [0.5, 0.6) is 5.88 Å². The van der Waals surface area contributed by atoms with Gasteiger partial charge in [0.25, 0.3) is 0 Å². The summed E-state index contributed by atoms with van der Waals surface area (Å²) in [5, 5.41) is 2.56. The topological polar surface area (TPSA) is 93.7 Å². The third-order valence-electron chi connectivity index (χ3n) is 3.39. The van der Waals surface area contributed by atoms with Crippen LogP contribution in [0.1, 0.15) is 34.1 Å². The average Bonchev–Trinajstić information content (AvgIpc) is 2.93. The molecule has 2 rings (SSSR count). The minimum absolute atomic E-state index is 0.126. The van der Waals surface area contributed by atoms with Crippen LogP contribution < -0.4 is 10.1 Å². The largest absolute Gasteiger partial charge is 0.471 e. The number of hydrogen-bond acceptors (Lipinski definition) is 6. The fraction of sp³-hybridized carbons (Fsp3) is 0.625. The van der Waals surface area contributed by atoms with Gasteiger partial charge in [0.15, 0.2) is 0 Å². The Bertz CT molecular complexity index is 573. The first-order valence-electron chi connectivity index (χ1n) is 7.95. The van der Waals surface area contributed by atoms with Crippen molar-refractivity contribution in [2.45, 2.75) is 51.9 Å². The Balaban J connectivity index is 1.81. The van der Waals surface area contributed by atoms with E-state index in [9.17, 15) is 9.59 Å². The third kappa shape index (κ3) is 5.36. The Morgan fingerprint density at radius 1 is 1.38 bits per heavy atom. The van der Waals surface area contributed by atoms with Crippen LogP contribution in [0.25, 0.3) is 0 Å². The van der Waals surface area contributed by atoms with E-state index in [0.717, 1.165) is 0 Å². The molecular weight excluding hydrogens is 312 g/mol. The van der Waals surface area contributed by atoms with E-state index < -0.39 is 17.7 Å². The van der Waals surface area contributed by atoms with Crippen LogP contribution >= 0.6 is 0 Å². The maximum absolute atomic E-state index is 12.4. The number of rotatable bonds is 4. The summed E-state index contributed by atoms with van der Waals surface area (Å²) >= 11 is 0. The minimum atomic E-state index is -0.657. The van der Waals surface area contributed by atoms with Crippen LogP contribution in [0.4, 0.5) is 4.79 Å². The van der Waals surface area contributed by atoms with E-state index in [1.807, 2.05) is 0 Å². The first-order chi connectivity index (χ1) is 11.2. The smallest absolute Gasteiger partial charge is 0.408 e. The van der Waals surface area contributed by atoms with Gasteiger partial charge in [-0.25, -0.2) is 9.78 Å². The van der Waals surface area contributed by atoms with Gasteiger partial charge in [0.1, 0.15) is 17.7 Å². The van der Waals surface area contributed by atoms with Crippen molar-refractivity contribution in [1.29, 1.82) is 0 Å². The maximum atomic E-state index is 12.4. The summed E-state index contributed by atoms with van der Waals surface area (Å²) in [6.07, 6.45) is 4.65. The number of likely N-dealkylation sites (tertiary alicyclic amines) is 1. The van der Waals surface area contributed by atoms with Crippen LogP contribution in [-0.4, -0.2) is 57.7 Å². The third-order valence-corrected chi connectivity index (χ3v) is 3.39. The molecule has 0 spiro atoms. The summed E-state index contributed by atoms with van der Waals surface area (Å²) in [6.45, 7) is 7.98. The number of nitrogens with one attached hydrogen (secondary N) is 1. The van der Waals surface area contributed by atoms with E-state index in [1.165, 1.54) is 6.20 Å². The molecule has 2 amide bonds. The monoisotopic (exact) mass is 336 g/mol. The Labute approximate surface area is 141 Å². The predicted molar refractivity (Wildman–Crippen MR) is 86.5 cm³/mol. The summed E-state index contributed by atoms with van der Waals surface area (Å²) in [4.78, 5) is 33.8. The highest BCUT2D eigenvalue weighted by molar-refractivity contribution is 5.85. The normalized spacial score (nSPS) is 18.8. The fourth-order valence-corrected chi connectivity index (χ4v) is 2.36. The Hall–Kier alpha value is -2.38. The number of nitrogens with zero attached hydrogens (tertiary/aromatic N) is 3. The van der Waals surface area contributed by atoms with Gasteiger partial charge in [-0.05, 0) is 27.7 Å². The molecule has 0 aromatic carbocycles. The van der Waals surface area contributed by atoms with Crippen LogP contribution in [-0.2, 0) is 9.53 Å². The predicted octanol–water partition coefficient (Wildman–Crippen LogP) is 1.37. The molecule has 0 saturated carbocycles. The van der Waals surface area contributed by atoms with Gasteiger partial charge >= 0.3 is 6.09 Å². The quantitative estimate of drug-likeness (QED) is 0.892. The van der Waals surface area contributed by atoms with Crippen molar-refractivity contribution >= 4 is 12.0 Å². The zero-order valence-corrected chi connectivity index (χ0v) is 14.5. The lowest BCUT2D eigenvalue weighted by atomic mass is 10.2. The molecule has 24 heavy (non-hydrogen) atoms. The molecule has 1 fully saturated rings. The van der Waals surface area contributed by atoms with Gasteiger partial charge in [0.2, 0.25) is 11.8 Å².